The Hall–Kier alpha value is -1.92. The van der Waals surface area contributed by atoms with Crippen molar-refractivity contribution in [1.82, 2.24) is 15.3 Å². The maximum absolute atomic E-state index is 11.3. The number of benzene rings is 1. The van der Waals surface area contributed by atoms with E-state index in [4.69, 9.17) is 11.6 Å². The number of anilines is 1. The molecular formula is C13H13ClN4O2. The molecule has 7 heteroatoms. The van der Waals surface area contributed by atoms with Gasteiger partial charge < -0.3 is 15.3 Å². The lowest BCUT2D eigenvalue weighted by Crippen LogP contribution is -2.55. The van der Waals surface area contributed by atoms with Crippen molar-refractivity contribution in [2.45, 2.75) is 6.04 Å². The average molecular weight is 293 g/mol. The van der Waals surface area contributed by atoms with Gasteiger partial charge in [-0.15, -0.1) is 0 Å². The highest BCUT2D eigenvalue weighted by atomic mass is 35.5. The predicted octanol–water partition coefficient (Wildman–Crippen LogP) is 1.15. The van der Waals surface area contributed by atoms with Crippen LogP contribution >= 0.6 is 11.6 Å². The van der Waals surface area contributed by atoms with Gasteiger partial charge in [-0.1, -0.05) is 23.7 Å². The van der Waals surface area contributed by atoms with E-state index in [1.807, 2.05) is 24.3 Å². The highest BCUT2D eigenvalue weighted by Gasteiger charge is 2.31. The van der Waals surface area contributed by atoms with E-state index in [-0.39, 0.29) is 5.15 Å². The van der Waals surface area contributed by atoms with Gasteiger partial charge in [0.15, 0.2) is 11.0 Å². The largest absolute Gasteiger partial charge is 0.480 e. The van der Waals surface area contributed by atoms with E-state index in [0.29, 0.717) is 36.5 Å². The molecule has 104 valence electrons. The Morgan fingerprint density at radius 3 is 2.75 bits per heavy atom. The molecule has 1 fully saturated rings. The predicted molar refractivity (Wildman–Crippen MR) is 76.2 cm³/mol. The van der Waals surface area contributed by atoms with Gasteiger partial charge in [0, 0.05) is 19.6 Å². The van der Waals surface area contributed by atoms with Gasteiger partial charge in [0.05, 0.1) is 11.0 Å². The molecule has 2 N–H and O–H groups in total. The van der Waals surface area contributed by atoms with Gasteiger partial charge in [-0.2, -0.15) is 0 Å². The van der Waals surface area contributed by atoms with Crippen molar-refractivity contribution >= 4 is 34.4 Å². The van der Waals surface area contributed by atoms with Crippen molar-refractivity contribution in [3.63, 3.8) is 0 Å². The first kappa shape index (κ1) is 13.1. The van der Waals surface area contributed by atoms with Crippen molar-refractivity contribution in [3.05, 3.63) is 29.4 Å². The molecule has 0 spiro atoms. The van der Waals surface area contributed by atoms with Crippen molar-refractivity contribution in [2.24, 2.45) is 0 Å². The van der Waals surface area contributed by atoms with Crippen LogP contribution in [-0.2, 0) is 4.79 Å². The number of nitrogens with one attached hydrogen (secondary N) is 1. The molecule has 20 heavy (non-hydrogen) atoms. The molecule has 2 aromatic rings. The monoisotopic (exact) mass is 292 g/mol. The second-order valence-electron chi connectivity index (χ2n) is 4.58. The molecule has 1 atom stereocenters. The standard InChI is InChI=1S/C13H13ClN4O2/c14-11-12(17-9-4-2-1-3-8(9)16-11)18-6-5-15-7-10(18)13(19)20/h1-4,10,15H,5-7H2,(H,19,20). The summed E-state index contributed by atoms with van der Waals surface area (Å²) in [4.78, 5) is 21.8. The fourth-order valence-corrected chi connectivity index (χ4v) is 2.57. The second kappa shape index (κ2) is 5.22. The zero-order valence-electron chi connectivity index (χ0n) is 10.6. The van der Waals surface area contributed by atoms with Crippen LogP contribution in [0, 0.1) is 0 Å². The number of halogens is 1. The van der Waals surface area contributed by atoms with Gasteiger partial charge in [0.1, 0.15) is 6.04 Å². The van der Waals surface area contributed by atoms with Crippen LogP contribution in [0.2, 0.25) is 5.15 Å². The van der Waals surface area contributed by atoms with Crippen molar-refractivity contribution in [3.8, 4) is 0 Å². The van der Waals surface area contributed by atoms with Crippen LogP contribution in [0.15, 0.2) is 24.3 Å². The Balaban J connectivity index is 2.07. The molecule has 1 aliphatic heterocycles. The topological polar surface area (TPSA) is 78.4 Å². The van der Waals surface area contributed by atoms with Crippen LogP contribution in [0.3, 0.4) is 0 Å². The minimum atomic E-state index is -0.900. The molecule has 0 radical (unpaired) electrons. The normalized spacial score (nSPS) is 19.2. The SMILES string of the molecule is O=C(O)C1CNCCN1c1nc2ccccc2nc1Cl. The fourth-order valence-electron chi connectivity index (χ4n) is 2.33. The number of aromatic nitrogens is 2. The summed E-state index contributed by atoms with van der Waals surface area (Å²) in [7, 11) is 0. The van der Waals surface area contributed by atoms with E-state index in [1.54, 1.807) is 4.90 Å². The molecule has 1 saturated heterocycles. The third-order valence-electron chi connectivity index (χ3n) is 3.31. The van der Waals surface area contributed by atoms with Crippen LogP contribution in [0.1, 0.15) is 0 Å². The smallest absolute Gasteiger partial charge is 0.327 e. The van der Waals surface area contributed by atoms with Crippen molar-refractivity contribution in [1.29, 1.82) is 0 Å². The number of piperazine rings is 1. The maximum atomic E-state index is 11.3. The molecule has 0 bridgehead atoms. The number of nitrogens with zero attached hydrogens (tertiary/aromatic N) is 3. The Morgan fingerprint density at radius 1 is 1.35 bits per heavy atom. The summed E-state index contributed by atoms with van der Waals surface area (Å²) in [5.41, 5.74) is 1.40. The minimum absolute atomic E-state index is 0.233. The summed E-state index contributed by atoms with van der Waals surface area (Å²) < 4.78 is 0. The van der Waals surface area contributed by atoms with Gasteiger partial charge in [-0.25, -0.2) is 14.8 Å². The number of hydrogen-bond acceptors (Lipinski definition) is 5. The zero-order valence-corrected chi connectivity index (χ0v) is 11.3. The quantitative estimate of drug-likeness (QED) is 0.864. The second-order valence-corrected chi connectivity index (χ2v) is 4.94. The molecule has 0 amide bonds. The number of aliphatic carboxylic acids is 1. The zero-order chi connectivity index (χ0) is 14.1. The molecule has 0 saturated carbocycles. The number of hydrogen-bond donors (Lipinski definition) is 2. The molecule has 6 nitrogen and oxygen atoms in total. The van der Waals surface area contributed by atoms with E-state index in [9.17, 15) is 9.90 Å². The van der Waals surface area contributed by atoms with Gasteiger partial charge in [-0.05, 0) is 12.1 Å². The lowest BCUT2D eigenvalue weighted by atomic mass is 10.2. The van der Waals surface area contributed by atoms with E-state index < -0.39 is 12.0 Å². The molecule has 1 aliphatic rings. The lowest BCUT2D eigenvalue weighted by Gasteiger charge is -2.34. The summed E-state index contributed by atoms with van der Waals surface area (Å²) >= 11 is 6.18. The Bertz CT molecular complexity index is 664. The summed E-state index contributed by atoms with van der Waals surface area (Å²) in [5, 5.41) is 12.6. The van der Waals surface area contributed by atoms with Gasteiger partial charge in [0.2, 0.25) is 0 Å². The van der Waals surface area contributed by atoms with Crippen LogP contribution in [0.25, 0.3) is 11.0 Å². The fraction of sp³-hybridized carbons (Fsp3) is 0.308. The maximum Gasteiger partial charge on any atom is 0.327 e. The molecule has 2 heterocycles. The van der Waals surface area contributed by atoms with Crippen molar-refractivity contribution in [2.75, 3.05) is 24.5 Å². The average Bonchev–Trinajstić information content (AvgIpc) is 2.46. The Kier molecular flexibility index (Phi) is 3.42. The van der Waals surface area contributed by atoms with Crippen molar-refractivity contribution < 1.29 is 9.90 Å². The molecule has 1 aromatic heterocycles. The molecule has 1 unspecified atom stereocenters. The van der Waals surface area contributed by atoms with Gasteiger partial charge in [0.25, 0.3) is 0 Å². The van der Waals surface area contributed by atoms with E-state index in [2.05, 4.69) is 15.3 Å². The molecular weight excluding hydrogens is 280 g/mol. The minimum Gasteiger partial charge on any atom is -0.480 e. The number of fused-ring (bicyclic) bond motifs is 1. The third kappa shape index (κ3) is 2.28. The van der Waals surface area contributed by atoms with E-state index in [0.717, 1.165) is 0 Å². The number of carboxylic acids is 1. The Morgan fingerprint density at radius 2 is 2.05 bits per heavy atom. The van der Waals surface area contributed by atoms with Gasteiger partial charge in [-0.3, -0.25) is 0 Å². The summed E-state index contributed by atoms with van der Waals surface area (Å²) in [5.74, 6) is -0.470. The number of rotatable bonds is 2. The highest BCUT2D eigenvalue weighted by Crippen LogP contribution is 2.26. The van der Waals surface area contributed by atoms with Crippen LogP contribution < -0.4 is 10.2 Å². The first-order chi connectivity index (χ1) is 9.66. The summed E-state index contributed by atoms with van der Waals surface area (Å²) in [6, 6.07) is 6.69. The number of carboxylic acid groups (broad SMARTS) is 1. The third-order valence-corrected chi connectivity index (χ3v) is 3.57. The lowest BCUT2D eigenvalue weighted by molar-refractivity contribution is -0.138. The highest BCUT2D eigenvalue weighted by molar-refractivity contribution is 6.32. The van der Waals surface area contributed by atoms with Crippen LogP contribution in [-0.4, -0.2) is 46.7 Å². The summed E-state index contributed by atoms with van der Waals surface area (Å²) in [6.07, 6.45) is 0. The first-order valence-corrected chi connectivity index (χ1v) is 6.67. The number of para-hydroxylation sites is 2. The van der Waals surface area contributed by atoms with Crippen LogP contribution in [0.5, 0.6) is 0 Å². The van der Waals surface area contributed by atoms with E-state index in [1.165, 1.54) is 0 Å². The number of carbonyl (C=O) groups is 1. The Labute approximate surface area is 120 Å². The molecule has 0 aliphatic carbocycles. The van der Waals surface area contributed by atoms with E-state index >= 15 is 0 Å². The van der Waals surface area contributed by atoms with Crippen LogP contribution in [0.4, 0.5) is 5.82 Å². The van der Waals surface area contributed by atoms with Gasteiger partial charge >= 0.3 is 5.97 Å². The first-order valence-electron chi connectivity index (χ1n) is 6.29. The summed E-state index contributed by atoms with van der Waals surface area (Å²) in [6.45, 7) is 1.58. The molecule has 1 aromatic carbocycles. The molecule has 3 rings (SSSR count).